The molecule has 0 aromatic carbocycles. The first-order valence-corrected chi connectivity index (χ1v) is 3.64. The molecule has 0 aromatic rings. The first kappa shape index (κ1) is 5.96. The lowest BCUT2D eigenvalue weighted by Gasteiger charge is -1.96. The minimum Gasteiger partial charge on any atom is -0.465 e. The van der Waals surface area contributed by atoms with E-state index in [0.29, 0.717) is 18.4 Å². The van der Waals surface area contributed by atoms with Gasteiger partial charge in [0.05, 0.1) is 12.5 Å². The summed E-state index contributed by atoms with van der Waals surface area (Å²) in [5, 5.41) is 0. The Morgan fingerprint density at radius 1 is 1.70 bits per heavy atom. The largest absolute Gasteiger partial charge is 0.465 e. The smallest absolute Gasteiger partial charge is 0.309 e. The molecule has 10 heavy (non-hydrogen) atoms. The first-order chi connectivity index (χ1) is 4.84. The highest BCUT2D eigenvalue weighted by molar-refractivity contribution is 5.79. The number of cyclic esters (lactones) is 1. The summed E-state index contributed by atoms with van der Waals surface area (Å²) in [4.78, 5) is 10.8. The Morgan fingerprint density at radius 2 is 2.50 bits per heavy atom. The van der Waals surface area contributed by atoms with Crippen LogP contribution in [-0.4, -0.2) is 12.6 Å². The zero-order valence-electron chi connectivity index (χ0n) is 5.91. The maximum Gasteiger partial charge on any atom is 0.309 e. The predicted molar refractivity (Wildman–Crippen MR) is 36.2 cm³/mol. The van der Waals surface area contributed by atoms with Crippen LogP contribution in [0.5, 0.6) is 0 Å². The molecule has 1 aliphatic carbocycles. The van der Waals surface area contributed by atoms with Crippen LogP contribution in [0.2, 0.25) is 0 Å². The Bertz CT molecular complexity index is 195. The van der Waals surface area contributed by atoms with Gasteiger partial charge >= 0.3 is 5.97 Å². The number of fused-ring (bicyclic) bond motifs is 1. The van der Waals surface area contributed by atoms with Crippen molar-refractivity contribution in [1.82, 2.24) is 0 Å². The molecule has 54 valence electrons. The fraction of sp³-hybridized carbons (Fsp3) is 0.625. The number of esters is 1. The van der Waals surface area contributed by atoms with Gasteiger partial charge in [0.15, 0.2) is 0 Å². The van der Waals surface area contributed by atoms with Crippen molar-refractivity contribution in [3.63, 3.8) is 0 Å². The van der Waals surface area contributed by atoms with Gasteiger partial charge in [0.1, 0.15) is 0 Å². The van der Waals surface area contributed by atoms with E-state index >= 15 is 0 Å². The summed E-state index contributed by atoms with van der Waals surface area (Å²) >= 11 is 0. The van der Waals surface area contributed by atoms with Crippen molar-refractivity contribution in [2.45, 2.75) is 6.92 Å². The molecule has 2 heteroatoms. The second kappa shape index (κ2) is 1.84. The number of hydrogen-bond donors (Lipinski definition) is 0. The van der Waals surface area contributed by atoms with Gasteiger partial charge in [-0.05, 0) is 12.8 Å². The quantitative estimate of drug-likeness (QED) is 0.399. The molecule has 3 atom stereocenters. The van der Waals surface area contributed by atoms with Crippen LogP contribution in [0.4, 0.5) is 0 Å². The summed E-state index contributed by atoms with van der Waals surface area (Å²) in [6, 6.07) is 0. The Balaban J connectivity index is 2.05. The van der Waals surface area contributed by atoms with Gasteiger partial charge in [-0.2, -0.15) is 0 Å². The number of carbonyl (C=O) groups is 1. The van der Waals surface area contributed by atoms with E-state index in [1.54, 1.807) is 0 Å². The van der Waals surface area contributed by atoms with Crippen molar-refractivity contribution in [2.24, 2.45) is 17.8 Å². The van der Waals surface area contributed by atoms with Gasteiger partial charge < -0.3 is 4.74 Å². The van der Waals surface area contributed by atoms with E-state index in [-0.39, 0.29) is 11.9 Å². The maximum atomic E-state index is 10.8. The van der Waals surface area contributed by atoms with E-state index in [1.807, 2.05) is 13.0 Å². The molecule has 0 radical (unpaired) electrons. The highest BCUT2D eigenvalue weighted by Crippen LogP contribution is 2.52. The van der Waals surface area contributed by atoms with Crippen molar-refractivity contribution < 1.29 is 9.53 Å². The van der Waals surface area contributed by atoms with Crippen LogP contribution in [0.3, 0.4) is 0 Å². The van der Waals surface area contributed by atoms with Gasteiger partial charge in [-0.3, -0.25) is 4.79 Å². The van der Waals surface area contributed by atoms with Gasteiger partial charge in [0, 0.05) is 5.92 Å². The van der Waals surface area contributed by atoms with E-state index in [1.165, 1.54) is 0 Å². The van der Waals surface area contributed by atoms with E-state index in [9.17, 15) is 4.79 Å². The molecule has 0 N–H and O–H groups in total. The van der Waals surface area contributed by atoms with E-state index in [4.69, 9.17) is 4.74 Å². The van der Waals surface area contributed by atoms with Crippen molar-refractivity contribution in [2.75, 3.05) is 6.61 Å². The Labute approximate surface area is 59.9 Å². The van der Waals surface area contributed by atoms with Crippen LogP contribution in [0.1, 0.15) is 6.92 Å². The van der Waals surface area contributed by atoms with Gasteiger partial charge in [-0.1, -0.05) is 12.2 Å². The summed E-state index contributed by atoms with van der Waals surface area (Å²) in [5.74, 6) is 1.25. The van der Waals surface area contributed by atoms with E-state index in [0.717, 1.165) is 0 Å². The summed E-state index contributed by atoms with van der Waals surface area (Å²) in [6.45, 7) is 2.64. The highest BCUT2D eigenvalue weighted by Gasteiger charge is 2.59. The monoisotopic (exact) mass is 138 g/mol. The normalized spacial score (nSPS) is 43.7. The fourth-order valence-electron chi connectivity index (χ4n) is 1.71. The third kappa shape index (κ3) is 0.618. The van der Waals surface area contributed by atoms with Crippen LogP contribution in [0.15, 0.2) is 12.2 Å². The number of hydrogen-bond acceptors (Lipinski definition) is 2. The second-order valence-electron chi connectivity index (χ2n) is 2.92. The molecule has 1 saturated heterocycles. The third-order valence-electron chi connectivity index (χ3n) is 2.33. The molecular weight excluding hydrogens is 128 g/mol. The van der Waals surface area contributed by atoms with E-state index < -0.39 is 0 Å². The molecular formula is C8H10O2. The average molecular weight is 138 g/mol. The molecule has 0 unspecified atom stereocenters. The van der Waals surface area contributed by atoms with Gasteiger partial charge in [0.2, 0.25) is 0 Å². The Hall–Kier alpha value is -0.790. The van der Waals surface area contributed by atoms with Crippen molar-refractivity contribution in [1.29, 1.82) is 0 Å². The lowest BCUT2D eigenvalue weighted by molar-refractivity contribution is -0.141. The number of allylic oxidation sites excluding steroid dienone is 2. The average Bonchev–Trinajstić information content (AvgIpc) is 2.45. The highest BCUT2D eigenvalue weighted by atomic mass is 16.5. The minimum absolute atomic E-state index is 0.00750. The molecule has 0 bridgehead atoms. The van der Waals surface area contributed by atoms with E-state index in [2.05, 4.69) is 6.08 Å². The molecule has 2 rings (SSSR count). The standard InChI is InChI=1S/C8H10O2/c1-2-3-5-6-4-10-8(9)7(5)6/h2-3,5-7H,4H2,1H3/b3-2+/t5-,6+,7-/m1/s1. The minimum atomic E-state index is 0.00750. The molecule has 0 spiro atoms. The Morgan fingerprint density at radius 3 is 3.00 bits per heavy atom. The van der Waals surface area contributed by atoms with Crippen LogP contribution >= 0.6 is 0 Å². The zero-order valence-corrected chi connectivity index (χ0v) is 5.91. The fourth-order valence-corrected chi connectivity index (χ4v) is 1.71. The van der Waals surface area contributed by atoms with Crippen molar-refractivity contribution in [3.05, 3.63) is 12.2 Å². The molecule has 1 aliphatic heterocycles. The maximum absolute atomic E-state index is 10.8. The molecule has 2 nitrogen and oxygen atoms in total. The molecule has 1 heterocycles. The Kier molecular flexibility index (Phi) is 1.10. The summed E-state index contributed by atoms with van der Waals surface area (Å²) in [6.07, 6.45) is 4.12. The molecule has 1 saturated carbocycles. The summed E-state index contributed by atoms with van der Waals surface area (Å²) in [7, 11) is 0. The first-order valence-electron chi connectivity index (χ1n) is 3.64. The third-order valence-corrected chi connectivity index (χ3v) is 2.33. The summed E-state index contributed by atoms with van der Waals surface area (Å²) in [5.41, 5.74) is 0. The SMILES string of the molecule is C/C=C/[C@@H]1[C@@H]2COC(=O)[C@H]12. The topological polar surface area (TPSA) is 26.3 Å². The second-order valence-corrected chi connectivity index (χ2v) is 2.92. The van der Waals surface area contributed by atoms with Crippen LogP contribution < -0.4 is 0 Å². The molecule has 0 aromatic heterocycles. The van der Waals surface area contributed by atoms with Crippen LogP contribution in [0.25, 0.3) is 0 Å². The van der Waals surface area contributed by atoms with Gasteiger partial charge in [0.25, 0.3) is 0 Å². The lowest BCUT2D eigenvalue weighted by Crippen LogP contribution is -2.03. The number of carbonyl (C=O) groups excluding carboxylic acids is 1. The molecule has 2 fully saturated rings. The molecule has 0 amide bonds. The zero-order chi connectivity index (χ0) is 7.14. The van der Waals surface area contributed by atoms with Gasteiger partial charge in [-0.25, -0.2) is 0 Å². The summed E-state index contributed by atoms with van der Waals surface area (Å²) < 4.78 is 4.82. The lowest BCUT2D eigenvalue weighted by atomic mass is 10.3. The van der Waals surface area contributed by atoms with Crippen LogP contribution in [0, 0.1) is 17.8 Å². The predicted octanol–water partition coefficient (Wildman–Crippen LogP) is 0.982. The van der Waals surface area contributed by atoms with Crippen molar-refractivity contribution in [3.8, 4) is 0 Å². The molecule has 2 aliphatic rings. The van der Waals surface area contributed by atoms with Crippen molar-refractivity contribution >= 4 is 5.97 Å². The van der Waals surface area contributed by atoms with Gasteiger partial charge in [-0.15, -0.1) is 0 Å². The number of ether oxygens (including phenoxy) is 1. The number of rotatable bonds is 1. The van der Waals surface area contributed by atoms with Crippen LogP contribution in [-0.2, 0) is 9.53 Å².